The number of fused-ring (bicyclic) bond motifs is 1. The average molecular weight is 508 g/mol. The number of nitrogens with one attached hydrogen (secondary N) is 1. The third-order valence-electron chi connectivity index (χ3n) is 5.43. The lowest BCUT2D eigenvalue weighted by Crippen LogP contribution is -2.41. The highest BCUT2D eigenvalue weighted by Gasteiger charge is 2.40. The highest BCUT2D eigenvalue weighted by molar-refractivity contribution is 6.30. The Kier molecular flexibility index (Phi) is 6.39. The second-order valence-electron chi connectivity index (χ2n) is 7.81. The van der Waals surface area contributed by atoms with Crippen LogP contribution in [-0.2, 0) is 0 Å². The highest BCUT2D eigenvalue weighted by Crippen LogP contribution is 2.32. The Morgan fingerprint density at radius 3 is 2.57 bits per heavy atom. The SMILES string of the molecule is Cc1c(C(=O)NCC(F)(F)[C@@H](O)c2ccc(Cl)cc2)cc(-c2ccn3nc(N)nc3c2)c(F)c1F. The molecule has 35 heavy (non-hydrogen) atoms. The number of nitrogens with two attached hydrogens (primary N) is 1. The zero-order chi connectivity index (χ0) is 25.5. The molecule has 0 saturated heterocycles. The minimum Gasteiger partial charge on any atom is -0.382 e. The van der Waals surface area contributed by atoms with Gasteiger partial charge in [-0.2, -0.15) is 4.98 Å². The van der Waals surface area contributed by atoms with Crippen LogP contribution in [0.5, 0.6) is 0 Å². The molecular weight excluding hydrogens is 490 g/mol. The molecule has 0 bridgehead atoms. The molecule has 0 aliphatic heterocycles. The van der Waals surface area contributed by atoms with E-state index in [1.54, 1.807) is 0 Å². The number of amides is 1. The van der Waals surface area contributed by atoms with E-state index >= 15 is 0 Å². The summed E-state index contributed by atoms with van der Waals surface area (Å²) in [6.07, 6.45) is -0.812. The van der Waals surface area contributed by atoms with Crippen molar-refractivity contribution in [2.24, 2.45) is 0 Å². The van der Waals surface area contributed by atoms with E-state index in [9.17, 15) is 27.5 Å². The first kappa shape index (κ1) is 24.4. The van der Waals surface area contributed by atoms with Gasteiger partial charge in [-0.1, -0.05) is 23.7 Å². The summed E-state index contributed by atoms with van der Waals surface area (Å²) in [6.45, 7) is -0.103. The van der Waals surface area contributed by atoms with Gasteiger partial charge < -0.3 is 16.2 Å². The van der Waals surface area contributed by atoms with Gasteiger partial charge in [-0.05, 0) is 48.4 Å². The van der Waals surface area contributed by atoms with Gasteiger partial charge in [0.1, 0.15) is 6.10 Å². The Balaban J connectivity index is 1.60. The van der Waals surface area contributed by atoms with Gasteiger partial charge in [0.25, 0.3) is 11.8 Å². The van der Waals surface area contributed by atoms with Crippen LogP contribution < -0.4 is 11.1 Å². The molecule has 0 aliphatic carbocycles. The number of pyridine rings is 1. The number of aliphatic hydroxyl groups excluding tert-OH is 1. The maximum Gasteiger partial charge on any atom is 0.294 e. The molecule has 0 radical (unpaired) electrons. The Morgan fingerprint density at radius 1 is 1.20 bits per heavy atom. The fourth-order valence-electron chi connectivity index (χ4n) is 3.51. The normalized spacial score (nSPS) is 12.7. The Bertz CT molecular complexity index is 1430. The number of carbonyl (C=O) groups excluding carboxylic acids is 1. The molecule has 2 aromatic carbocycles. The van der Waals surface area contributed by atoms with Crippen LogP contribution in [0.1, 0.15) is 27.6 Å². The highest BCUT2D eigenvalue weighted by atomic mass is 35.5. The number of nitrogens with zero attached hydrogens (tertiary/aromatic N) is 3. The smallest absolute Gasteiger partial charge is 0.294 e. The van der Waals surface area contributed by atoms with Crippen LogP contribution in [0.15, 0.2) is 48.7 Å². The quantitative estimate of drug-likeness (QED) is 0.337. The van der Waals surface area contributed by atoms with E-state index < -0.39 is 36.1 Å². The van der Waals surface area contributed by atoms with Crippen LogP contribution in [-0.4, -0.2) is 38.1 Å². The predicted molar refractivity (Wildman–Crippen MR) is 121 cm³/mol. The third-order valence-corrected chi connectivity index (χ3v) is 5.68. The number of nitrogen functional groups attached to an aromatic ring is 1. The molecule has 2 heterocycles. The molecule has 0 saturated carbocycles. The molecule has 4 N–H and O–H groups in total. The van der Waals surface area contributed by atoms with Gasteiger partial charge in [-0.25, -0.2) is 22.1 Å². The van der Waals surface area contributed by atoms with Crippen LogP contribution >= 0.6 is 11.6 Å². The van der Waals surface area contributed by atoms with E-state index in [0.717, 1.165) is 13.0 Å². The Labute approximate surface area is 201 Å². The van der Waals surface area contributed by atoms with E-state index in [1.807, 2.05) is 5.32 Å². The number of benzene rings is 2. The van der Waals surface area contributed by atoms with Crippen molar-refractivity contribution in [1.82, 2.24) is 19.9 Å². The van der Waals surface area contributed by atoms with Crippen molar-refractivity contribution in [3.8, 4) is 11.1 Å². The fraction of sp³-hybridized carbons (Fsp3) is 0.174. The number of rotatable bonds is 6. The first-order valence-corrected chi connectivity index (χ1v) is 10.6. The van der Waals surface area contributed by atoms with E-state index in [1.165, 1.54) is 47.1 Å². The Morgan fingerprint density at radius 2 is 1.89 bits per heavy atom. The van der Waals surface area contributed by atoms with Gasteiger partial charge in [-0.3, -0.25) is 4.79 Å². The number of alkyl halides is 2. The monoisotopic (exact) mass is 507 g/mol. The molecular formula is C23H18ClF4N5O2. The second-order valence-corrected chi connectivity index (χ2v) is 8.25. The fourth-order valence-corrected chi connectivity index (χ4v) is 3.63. The molecule has 7 nitrogen and oxygen atoms in total. The molecule has 0 fully saturated rings. The second kappa shape index (κ2) is 9.16. The van der Waals surface area contributed by atoms with Gasteiger partial charge in [0.2, 0.25) is 5.95 Å². The lowest BCUT2D eigenvalue weighted by Gasteiger charge is -2.23. The molecule has 0 unspecified atom stereocenters. The largest absolute Gasteiger partial charge is 0.382 e. The number of carbonyl (C=O) groups is 1. The lowest BCUT2D eigenvalue weighted by molar-refractivity contribution is -0.106. The van der Waals surface area contributed by atoms with Crippen LogP contribution in [0, 0.1) is 18.6 Å². The van der Waals surface area contributed by atoms with Gasteiger partial charge >= 0.3 is 0 Å². The summed E-state index contributed by atoms with van der Waals surface area (Å²) in [4.78, 5) is 16.7. The molecule has 0 aliphatic rings. The summed E-state index contributed by atoms with van der Waals surface area (Å²) >= 11 is 5.73. The molecule has 4 aromatic rings. The van der Waals surface area contributed by atoms with Crippen molar-refractivity contribution in [2.45, 2.75) is 19.0 Å². The van der Waals surface area contributed by atoms with Crippen LogP contribution in [0.3, 0.4) is 0 Å². The number of halogens is 5. The van der Waals surface area contributed by atoms with Crippen molar-refractivity contribution in [3.05, 3.63) is 82.0 Å². The number of aromatic nitrogens is 3. The van der Waals surface area contributed by atoms with Crippen molar-refractivity contribution in [1.29, 1.82) is 0 Å². The van der Waals surface area contributed by atoms with Gasteiger partial charge in [-0.15, -0.1) is 5.10 Å². The van der Waals surface area contributed by atoms with Crippen LogP contribution in [0.4, 0.5) is 23.5 Å². The molecule has 12 heteroatoms. The third kappa shape index (κ3) is 4.77. The number of aliphatic hydroxyl groups is 1. The molecule has 182 valence electrons. The summed E-state index contributed by atoms with van der Waals surface area (Å²) in [5.41, 5.74) is 4.85. The van der Waals surface area contributed by atoms with E-state index in [4.69, 9.17) is 17.3 Å². The number of hydrogen-bond acceptors (Lipinski definition) is 5. The van der Waals surface area contributed by atoms with Crippen molar-refractivity contribution in [2.75, 3.05) is 12.3 Å². The predicted octanol–water partition coefficient (Wildman–Crippen LogP) is 4.32. The maximum atomic E-state index is 14.8. The zero-order valence-electron chi connectivity index (χ0n) is 18.1. The molecule has 1 amide bonds. The summed E-state index contributed by atoms with van der Waals surface area (Å²) in [5, 5.41) is 16.2. The molecule has 2 aromatic heterocycles. The standard InChI is InChI=1S/C23H18ClF4N5O2/c1-11-15(21(35)30-10-23(27,28)20(34)12-2-4-14(24)5-3-12)9-16(19(26)18(11)25)13-6-7-33-17(8-13)31-22(29)32-33/h2-9,20,34H,10H2,1H3,(H2,29,32)(H,30,35)/t20-/m0/s1. The summed E-state index contributed by atoms with van der Waals surface area (Å²) < 4.78 is 59.9. The average Bonchev–Trinajstić information content (AvgIpc) is 3.20. The maximum absolute atomic E-state index is 14.8. The first-order chi connectivity index (χ1) is 16.5. The minimum atomic E-state index is -3.77. The number of anilines is 1. The molecule has 1 atom stereocenters. The lowest BCUT2D eigenvalue weighted by atomic mass is 9.98. The first-order valence-electron chi connectivity index (χ1n) is 10.2. The van der Waals surface area contributed by atoms with Crippen molar-refractivity contribution in [3.63, 3.8) is 0 Å². The number of hydrogen-bond donors (Lipinski definition) is 3. The summed E-state index contributed by atoms with van der Waals surface area (Å²) in [7, 11) is 0. The minimum absolute atomic E-state index is 0.0282. The van der Waals surface area contributed by atoms with Crippen LogP contribution in [0.25, 0.3) is 16.8 Å². The van der Waals surface area contributed by atoms with E-state index in [-0.39, 0.29) is 39.4 Å². The van der Waals surface area contributed by atoms with Crippen molar-refractivity contribution < 1.29 is 27.5 Å². The topological polar surface area (TPSA) is 106 Å². The van der Waals surface area contributed by atoms with Gasteiger partial charge in [0.15, 0.2) is 17.3 Å². The van der Waals surface area contributed by atoms with Crippen molar-refractivity contribution >= 4 is 29.1 Å². The zero-order valence-corrected chi connectivity index (χ0v) is 18.8. The van der Waals surface area contributed by atoms with E-state index in [0.29, 0.717) is 5.02 Å². The summed E-state index contributed by atoms with van der Waals surface area (Å²) in [6, 6.07) is 8.99. The molecule has 4 rings (SSSR count). The Hall–Kier alpha value is -3.70. The van der Waals surface area contributed by atoms with Crippen LogP contribution in [0.2, 0.25) is 5.02 Å². The van der Waals surface area contributed by atoms with Gasteiger partial charge in [0.05, 0.1) is 6.54 Å². The summed E-state index contributed by atoms with van der Waals surface area (Å²) in [5.74, 6) is -7.39. The van der Waals surface area contributed by atoms with Gasteiger partial charge in [0, 0.05) is 27.9 Å². The molecule has 0 spiro atoms. The van der Waals surface area contributed by atoms with E-state index in [2.05, 4.69) is 10.1 Å².